The van der Waals surface area contributed by atoms with E-state index in [1.807, 2.05) is 12.1 Å². The lowest BCUT2D eigenvalue weighted by Crippen LogP contribution is -2.20. The summed E-state index contributed by atoms with van der Waals surface area (Å²) in [5.74, 6) is 1.57. The molecule has 0 aliphatic carbocycles. The largest absolute Gasteiger partial charge is 0.493 e. The number of hydrogen-bond donors (Lipinski definition) is 1. The predicted molar refractivity (Wildman–Crippen MR) is 84.1 cm³/mol. The van der Waals surface area contributed by atoms with Crippen molar-refractivity contribution in [1.29, 1.82) is 0 Å². The van der Waals surface area contributed by atoms with Crippen molar-refractivity contribution in [3.8, 4) is 11.5 Å². The summed E-state index contributed by atoms with van der Waals surface area (Å²) in [6.45, 7) is 1.99. The molecule has 1 N–H and O–H groups in total. The molecule has 0 saturated heterocycles. The Labute approximate surface area is 124 Å². The summed E-state index contributed by atoms with van der Waals surface area (Å²) >= 11 is 1.75. The molecule has 0 saturated carbocycles. The molecule has 20 heavy (non-hydrogen) atoms. The van der Waals surface area contributed by atoms with Crippen LogP contribution in [0.5, 0.6) is 11.5 Å². The highest BCUT2D eigenvalue weighted by Crippen LogP contribution is 2.27. The average molecular weight is 291 g/mol. The van der Waals surface area contributed by atoms with E-state index in [4.69, 9.17) is 9.47 Å². The van der Waals surface area contributed by atoms with Gasteiger partial charge in [0.1, 0.15) is 0 Å². The highest BCUT2D eigenvalue weighted by Gasteiger charge is 2.04. The Kier molecular flexibility index (Phi) is 5.89. The molecule has 3 nitrogen and oxygen atoms in total. The predicted octanol–water partition coefficient (Wildman–Crippen LogP) is 3.14. The molecule has 0 radical (unpaired) electrons. The number of nitrogens with one attached hydrogen (secondary N) is 1. The van der Waals surface area contributed by atoms with Crippen LogP contribution in [0.15, 0.2) is 35.0 Å². The van der Waals surface area contributed by atoms with Crippen LogP contribution >= 0.6 is 11.3 Å². The standard InChI is InChI=1S/C16H21NO2S/c1-18-15-4-3-13(11-16(15)19-2)5-8-17-9-6-14-7-10-20-12-14/h3-4,7,10-12,17H,5-6,8-9H2,1-2H3. The zero-order valence-electron chi connectivity index (χ0n) is 12.0. The average Bonchev–Trinajstić information content (AvgIpc) is 3.00. The van der Waals surface area contributed by atoms with Crippen molar-refractivity contribution in [3.63, 3.8) is 0 Å². The van der Waals surface area contributed by atoms with Crippen molar-refractivity contribution >= 4 is 11.3 Å². The third-order valence-electron chi connectivity index (χ3n) is 3.21. The van der Waals surface area contributed by atoms with Crippen LogP contribution in [-0.4, -0.2) is 27.3 Å². The van der Waals surface area contributed by atoms with E-state index in [1.54, 1.807) is 25.6 Å². The number of rotatable bonds is 8. The van der Waals surface area contributed by atoms with Crippen molar-refractivity contribution < 1.29 is 9.47 Å². The molecular weight excluding hydrogens is 270 g/mol. The summed E-state index contributed by atoms with van der Waals surface area (Å²) in [5.41, 5.74) is 2.67. The maximum Gasteiger partial charge on any atom is 0.160 e. The zero-order chi connectivity index (χ0) is 14.2. The van der Waals surface area contributed by atoms with Crippen LogP contribution in [0.2, 0.25) is 0 Å². The van der Waals surface area contributed by atoms with E-state index < -0.39 is 0 Å². The van der Waals surface area contributed by atoms with Crippen molar-refractivity contribution in [1.82, 2.24) is 5.32 Å². The Morgan fingerprint density at radius 1 is 0.950 bits per heavy atom. The van der Waals surface area contributed by atoms with Gasteiger partial charge in [-0.3, -0.25) is 0 Å². The second kappa shape index (κ2) is 7.92. The second-order valence-corrected chi connectivity index (χ2v) is 5.35. The summed E-state index contributed by atoms with van der Waals surface area (Å²) < 4.78 is 10.5. The topological polar surface area (TPSA) is 30.5 Å². The molecule has 0 spiro atoms. The number of thiophene rings is 1. The van der Waals surface area contributed by atoms with Gasteiger partial charge in [0.25, 0.3) is 0 Å². The van der Waals surface area contributed by atoms with Gasteiger partial charge in [-0.1, -0.05) is 6.07 Å². The van der Waals surface area contributed by atoms with Crippen LogP contribution in [0.4, 0.5) is 0 Å². The number of benzene rings is 1. The van der Waals surface area contributed by atoms with Crippen LogP contribution in [0.3, 0.4) is 0 Å². The molecular formula is C16H21NO2S. The van der Waals surface area contributed by atoms with Crippen molar-refractivity contribution in [2.75, 3.05) is 27.3 Å². The van der Waals surface area contributed by atoms with Crippen LogP contribution in [0, 0.1) is 0 Å². The van der Waals surface area contributed by atoms with E-state index in [0.717, 1.165) is 37.4 Å². The summed E-state index contributed by atoms with van der Waals surface area (Å²) in [7, 11) is 3.32. The summed E-state index contributed by atoms with van der Waals surface area (Å²) in [5, 5.41) is 7.80. The summed E-state index contributed by atoms with van der Waals surface area (Å²) in [6.07, 6.45) is 2.08. The molecule has 0 unspecified atom stereocenters. The molecule has 0 aliphatic rings. The van der Waals surface area contributed by atoms with Crippen LogP contribution in [-0.2, 0) is 12.8 Å². The van der Waals surface area contributed by atoms with Gasteiger partial charge in [-0.15, -0.1) is 0 Å². The normalized spacial score (nSPS) is 10.5. The fourth-order valence-corrected chi connectivity index (χ4v) is 2.76. The third kappa shape index (κ3) is 4.25. The monoisotopic (exact) mass is 291 g/mol. The first-order valence-corrected chi connectivity index (χ1v) is 7.70. The van der Waals surface area contributed by atoms with Gasteiger partial charge in [0.2, 0.25) is 0 Å². The third-order valence-corrected chi connectivity index (χ3v) is 3.94. The maximum absolute atomic E-state index is 5.31. The number of hydrogen-bond acceptors (Lipinski definition) is 4. The molecule has 0 amide bonds. The van der Waals surface area contributed by atoms with Gasteiger partial charge in [-0.2, -0.15) is 11.3 Å². The van der Waals surface area contributed by atoms with Gasteiger partial charge >= 0.3 is 0 Å². The van der Waals surface area contributed by atoms with Crippen LogP contribution in [0.1, 0.15) is 11.1 Å². The molecule has 0 atom stereocenters. The lowest BCUT2D eigenvalue weighted by molar-refractivity contribution is 0.354. The fourth-order valence-electron chi connectivity index (χ4n) is 2.06. The highest BCUT2D eigenvalue weighted by atomic mass is 32.1. The van der Waals surface area contributed by atoms with Gasteiger partial charge in [-0.05, 0) is 66.0 Å². The lowest BCUT2D eigenvalue weighted by Gasteiger charge is -2.10. The van der Waals surface area contributed by atoms with E-state index >= 15 is 0 Å². The van der Waals surface area contributed by atoms with Gasteiger partial charge in [0.05, 0.1) is 14.2 Å². The smallest absolute Gasteiger partial charge is 0.160 e. The van der Waals surface area contributed by atoms with E-state index in [1.165, 1.54) is 11.1 Å². The minimum atomic E-state index is 0.779. The molecule has 0 bridgehead atoms. The van der Waals surface area contributed by atoms with Crippen LogP contribution < -0.4 is 14.8 Å². The number of methoxy groups -OCH3 is 2. The summed E-state index contributed by atoms with van der Waals surface area (Å²) in [6, 6.07) is 8.27. The number of ether oxygens (including phenoxy) is 2. The second-order valence-electron chi connectivity index (χ2n) is 4.57. The van der Waals surface area contributed by atoms with E-state index in [0.29, 0.717) is 0 Å². The first-order chi connectivity index (χ1) is 9.83. The van der Waals surface area contributed by atoms with E-state index in [2.05, 4.69) is 28.2 Å². The van der Waals surface area contributed by atoms with E-state index in [9.17, 15) is 0 Å². The Bertz CT molecular complexity index is 511. The Morgan fingerprint density at radius 2 is 1.70 bits per heavy atom. The Balaban J connectivity index is 1.73. The van der Waals surface area contributed by atoms with Gasteiger partial charge in [0.15, 0.2) is 11.5 Å². The first-order valence-electron chi connectivity index (χ1n) is 6.76. The molecule has 0 fully saturated rings. The minimum absolute atomic E-state index is 0.779. The van der Waals surface area contributed by atoms with Crippen molar-refractivity contribution in [2.24, 2.45) is 0 Å². The fraction of sp³-hybridized carbons (Fsp3) is 0.375. The highest BCUT2D eigenvalue weighted by molar-refractivity contribution is 7.07. The van der Waals surface area contributed by atoms with Crippen molar-refractivity contribution in [3.05, 3.63) is 46.2 Å². The molecule has 1 heterocycles. The minimum Gasteiger partial charge on any atom is -0.493 e. The summed E-state index contributed by atoms with van der Waals surface area (Å²) in [4.78, 5) is 0. The first kappa shape index (κ1) is 14.9. The van der Waals surface area contributed by atoms with Gasteiger partial charge in [0, 0.05) is 0 Å². The molecule has 1 aromatic carbocycles. The molecule has 2 aromatic rings. The molecule has 108 valence electrons. The van der Waals surface area contributed by atoms with E-state index in [-0.39, 0.29) is 0 Å². The molecule has 1 aromatic heterocycles. The molecule has 0 aliphatic heterocycles. The molecule has 4 heteroatoms. The lowest BCUT2D eigenvalue weighted by atomic mass is 10.1. The zero-order valence-corrected chi connectivity index (χ0v) is 12.8. The Hall–Kier alpha value is -1.52. The van der Waals surface area contributed by atoms with Crippen LogP contribution in [0.25, 0.3) is 0 Å². The van der Waals surface area contributed by atoms with Gasteiger partial charge < -0.3 is 14.8 Å². The van der Waals surface area contributed by atoms with Crippen molar-refractivity contribution in [2.45, 2.75) is 12.8 Å². The Morgan fingerprint density at radius 3 is 2.35 bits per heavy atom. The van der Waals surface area contributed by atoms with Gasteiger partial charge in [-0.25, -0.2) is 0 Å². The quantitative estimate of drug-likeness (QED) is 0.758. The maximum atomic E-state index is 5.31. The SMILES string of the molecule is COc1ccc(CCNCCc2ccsc2)cc1OC. The molecule has 2 rings (SSSR count).